The van der Waals surface area contributed by atoms with Crippen LogP contribution in [0.2, 0.25) is 0 Å². The Labute approximate surface area is 71.0 Å². The lowest BCUT2D eigenvalue weighted by Crippen LogP contribution is -2.01. The fraction of sp³-hybridized carbons (Fsp3) is 0.500. The summed E-state index contributed by atoms with van der Waals surface area (Å²) in [4.78, 5) is 15.0. The second-order valence-corrected chi connectivity index (χ2v) is 2.34. The van der Waals surface area contributed by atoms with E-state index in [1.54, 1.807) is 0 Å². The highest BCUT2D eigenvalue weighted by atomic mass is 16.5. The Morgan fingerprint density at radius 2 is 2.33 bits per heavy atom. The molecular weight excluding hydrogens is 156 g/mol. The molecule has 0 fully saturated rings. The van der Waals surface area contributed by atoms with Gasteiger partial charge in [0.15, 0.2) is 0 Å². The summed E-state index contributed by atoms with van der Waals surface area (Å²) in [6, 6.07) is 0. The van der Waals surface area contributed by atoms with Gasteiger partial charge in [0.2, 0.25) is 17.5 Å². The number of nitrogens with zero attached hydrogens (tertiary/aromatic N) is 2. The molecule has 0 aliphatic carbocycles. The number of carbonyl (C=O) groups excluding carboxylic acids is 1. The van der Waals surface area contributed by atoms with Crippen molar-refractivity contribution in [2.75, 3.05) is 0 Å². The Hall–Kier alpha value is -1.19. The number of rotatable bonds is 4. The van der Waals surface area contributed by atoms with E-state index in [1.165, 1.54) is 6.42 Å². The first-order valence-corrected chi connectivity index (χ1v) is 3.98. The highest BCUT2D eigenvalue weighted by Crippen LogP contribution is 2.01. The third kappa shape index (κ3) is 1.90. The summed E-state index contributed by atoms with van der Waals surface area (Å²) in [6.45, 7) is 3.78. The summed E-state index contributed by atoms with van der Waals surface area (Å²) in [5.41, 5.74) is 0. The van der Waals surface area contributed by atoms with Crippen molar-refractivity contribution in [3.05, 3.63) is 18.1 Å². The van der Waals surface area contributed by atoms with Crippen LogP contribution in [-0.2, 0) is 6.42 Å². The van der Waals surface area contributed by atoms with Gasteiger partial charge in [0.05, 0.1) is 0 Å². The molecule has 1 radical (unpaired) electrons. The summed E-state index contributed by atoms with van der Waals surface area (Å²) in [5.74, 6) is 0.498. The quantitative estimate of drug-likeness (QED) is 0.636. The van der Waals surface area contributed by atoms with Gasteiger partial charge in [-0.2, -0.15) is 4.98 Å². The first-order chi connectivity index (χ1) is 5.77. The molecule has 0 bridgehead atoms. The van der Waals surface area contributed by atoms with Crippen molar-refractivity contribution in [3.63, 3.8) is 0 Å². The summed E-state index contributed by atoms with van der Waals surface area (Å²) in [7, 11) is 0. The minimum Gasteiger partial charge on any atom is -0.339 e. The highest BCUT2D eigenvalue weighted by molar-refractivity contribution is 5.99. The molecule has 0 N–H and O–H groups in total. The molecule has 0 aliphatic heterocycles. The van der Waals surface area contributed by atoms with E-state index in [-0.39, 0.29) is 11.6 Å². The van der Waals surface area contributed by atoms with Crippen molar-refractivity contribution in [2.24, 2.45) is 0 Å². The average molecular weight is 167 g/mol. The fourth-order valence-electron chi connectivity index (χ4n) is 0.775. The van der Waals surface area contributed by atoms with E-state index in [9.17, 15) is 4.79 Å². The highest BCUT2D eigenvalue weighted by Gasteiger charge is 2.12. The maximum absolute atomic E-state index is 11.1. The maximum Gasteiger partial charge on any atom is 0.238 e. The van der Waals surface area contributed by atoms with E-state index in [4.69, 9.17) is 4.52 Å². The van der Waals surface area contributed by atoms with Crippen molar-refractivity contribution < 1.29 is 9.32 Å². The molecule has 0 atom stereocenters. The zero-order valence-corrected chi connectivity index (χ0v) is 7.20. The third-order valence-electron chi connectivity index (χ3n) is 1.38. The van der Waals surface area contributed by atoms with Gasteiger partial charge in [-0.15, -0.1) is 0 Å². The number of hydrogen-bond donors (Lipinski definition) is 0. The molecule has 4 nitrogen and oxygen atoms in total. The Morgan fingerprint density at radius 3 is 2.83 bits per heavy atom. The number of aryl methyl sites for hydroxylation is 1. The number of Topliss-reactive ketones (excluding diaryl/α,β-unsaturated/α-hetero) is 1. The molecule has 1 rings (SSSR count). The number of carbonyl (C=O) groups is 1. The maximum atomic E-state index is 11.1. The average Bonchev–Trinajstić information content (AvgIpc) is 2.52. The third-order valence-corrected chi connectivity index (χ3v) is 1.38. The first-order valence-electron chi connectivity index (χ1n) is 3.98. The van der Waals surface area contributed by atoms with Crippen LogP contribution < -0.4 is 0 Å². The van der Waals surface area contributed by atoms with E-state index in [1.807, 2.05) is 13.8 Å². The van der Waals surface area contributed by atoms with Gasteiger partial charge >= 0.3 is 0 Å². The van der Waals surface area contributed by atoms with Gasteiger partial charge < -0.3 is 4.52 Å². The van der Waals surface area contributed by atoms with E-state index in [0.29, 0.717) is 18.7 Å². The lowest BCUT2D eigenvalue weighted by molar-refractivity contribution is 0.101. The number of hydrogen-bond acceptors (Lipinski definition) is 4. The molecule has 12 heavy (non-hydrogen) atoms. The molecule has 65 valence electrons. The van der Waals surface area contributed by atoms with Gasteiger partial charge in [0.25, 0.3) is 0 Å². The second-order valence-electron chi connectivity index (χ2n) is 2.34. The lowest BCUT2D eigenvalue weighted by Gasteiger charge is -1.86. The van der Waals surface area contributed by atoms with Crippen LogP contribution in [0.15, 0.2) is 4.52 Å². The van der Waals surface area contributed by atoms with Gasteiger partial charge in [-0.05, 0) is 6.42 Å². The van der Waals surface area contributed by atoms with Gasteiger partial charge in [-0.3, -0.25) is 4.79 Å². The summed E-state index contributed by atoms with van der Waals surface area (Å²) >= 11 is 0. The molecule has 1 heterocycles. The zero-order chi connectivity index (χ0) is 8.97. The van der Waals surface area contributed by atoms with Crippen LogP contribution in [0.25, 0.3) is 0 Å². The Balaban J connectivity index is 2.68. The van der Waals surface area contributed by atoms with Gasteiger partial charge in [0, 0.05) is 12.8 Å². The smallest absolute Gasteiger partial charge is 0.238 e. The minimum atomic E-state index is -0.166. The molecule has 0 aliphatic rings. The second kappa shape index (κ2) is 3.99. The summed E-state index contributed by atoms with van der Waals surface area (Å²) < 4.78 is 4.78. The zero-order valence-electron chi connectivity index (χ0n) is 7.20. The molecule has 0 unspecified atom stereocenters. The van der Waals surface area contributed by atoms with Crippen LogP contribution in [0, 0.1) is 6.42 Å². The number of ketones is 1. The Morgan fingerprint density at radius 1 is 1.58 bits per heavy atom. The van der Waals surface area contributed by atoms with Crippen LogP contribution >= 0.6 is 0 Å². The lowest BCUT2D eigenvalue weighted by atomic mass is 10.2. The Kier molecular flexibility index (Phi) is 2.96. The minimum absolute atomic E-state index is 0.161. The molecule has 1 aromatic rings. The standard InChI is InChI=1S/C8H11N2O2/c1-3-5-6(11)8-9-7(4-2)12-10-8/h5H,3-4H2,1-2H3. The van der Waals surface area contributed by atoms with Crippen molar-refractivity contribution in [1.29, 1.82) is 0 Å². The molecule has 0 saturated heterocycles. The van der Waals surface area contributed by atoms with Crippen molar-refractivity contribution >= 4 is 5.78 Å². The van der Waals surface area contributed by atoms with Gasteiger partial charge in [0.1, 0.15) is 0 Å². The topological polar surface area (TPSA) is 56.0 Å². The van der Waals surface area contributed by atoms with Crippen molar-refractivity contribution in [1.82, 2.24) is 10.1 Å². The number of aromatic nitrogens is 2. The first kappa shape index (κ1) is 8.90. The van der Waals surface area contributed by atoms with E-state index < -0.39 is 0 Å². The predicted molar refractivity (Wildman–Crippen MR) is 42.6 cm³/mol. The molecule has 0 amide bonds. The van der Waals surface area contributed by atoms with E-state index in [2.05, 4.69) is 10.1 Å². The molecule has 0 aromatic carbocycles. The van der Waals surface area contributed by atoms with E-state index in [0.717, 1.165) is 0 Å². The van der Waals surface area contributed by atoms with Crippen LogP contribution in [0.1, 0.15) is 36.8 Å². The van der Waals surface area contributed by atoms with Gasteiger partial charge in [-0.25, -0.2) is 0 Å². The summed E-state index contributed by atoms with van der Waals surface area (Å²) in [6.07, 6.45) is 2.88. The molecular formula is C8H11N2O2. The monoisotopic (exact) mass is 167 g/mol. The molecule has 0 spiro atoms. The summed E-state index contributed by atoms with van der Waals surface area (Å²) in [5, 5.41) is 3.54. The van der Waals surface area contributed by atoms with Crippen LogP contribution in [0.5, 0.6) is 0 Å². The van der Waals surface area contributed by atoms with Crippen molar-refractivity contribution in [2.45, 2.75) is 26.7 Å². The SMILES string of the molecule is CC[CH]C(=O)c1noc(CC)n1. The molecule has 0 saturated carbocycles. The molecule has 4 heteroatoms. The predicted octanol–water partition coefficient (Wildman–Crippen LogP) is 1.43. The van der Waals surface area contributed by atoms with Crippen LogP contribution in [0.4, 0.5) is 0 Å². The van der Waals surface area contributed by atoms with Crippen LogP contribution in [-0.4, -0.2) is 15.9 Å². The Bertz CT molecular complexity index is 268. The fourth-order valence-corrected chi connectivity index (χ4v) is 0.775. The molecule has 1 aromatic heterocycles. The largest absolute Gasteiger partial charge is 0.339 e. The van der Waals surface area contributed by atoms with Crippen molar-refractivity contribution in [3.8, 4) is 0 Å². The normalized spacial score (nSPS) is 10.2. The van der Waals surface area contributed by atoms with Gasteiger partial charge in [-0.1, -0.05) is 19.0 Å². The van der Waals surface area contributed by atoms with Crippen LogP contribution in [0.3, 0.4) is 0 Å². The van der Waals surface area contributed by atoms with E-state index >= 15 is 0 Å².